The van der Waals surface area contributed by atoms with Crippen molar-refractivity contribution in [3.05, 3.63) is 42.1 Å². The Hall–Kier alpha value is -2.41. The smallest absolute Gasteiger partial charge is 0.191 e. The fraction of sp³-hybridized carbons (Fsp3) is 0.571. The Kier molecular flexibility index (Phi) is 7.42. The predicted octanol–water partition coefficient (Wildman–Crippen LogP) is 2.51. The van der Waals surface area contributed by atoms with Crippen molar-refractivity contribution in [3.8, 4) is 5.82 Å². The summed E-state index contributed by atoms with van der Waals surface area (Å²) < 4.78 is 1.98. The van der Waals surface area contributed by atoms with Crippen LogP contribution < -0.4 is 10.6 Å². The Labute approximate surface area is 168 Å². The monoisotopic (exact) mass is 383 g/mol. The molecule has 0 unspecified atom stereocenters. The molecule has 3 heterocycles. The van der Waals surface area contributed by atoms with Gasteiger partial charge in [0.15, 0.2) is 5.96 Å². The quantitative estimate of drug-likeness (QED) is 0.568. The molecular formula is C21H33N7. The molecule has 1 aliphatic heterocycles. The molecule has 3 rings (SSSR count). The van der Waals surface area contributed by atoms with Gasteiger partial charge in [-0.3, -0.25) is 4.57 Å². The van der Waals surface area contributed by atoms with E-state index in [1.807, 2.05) is 30.0 Å². The summed E-state index contributed by atoms with van der Waals surface area (Å²) in [5, 5.41) is 6.98. The highest BCUT2D eigenvalue weighted by Crippen LogP contribution is 2.11. The predicted molar refractivity (Wildman–Crippen MR) is 114 cm³/mol. The minimum absolute atomic E-state index is 0.496. The highest BCUT2D eigenvalue weighted by molar-refractivity contribution is 5.80. The number of hydrogen-bond donors (Lipinski definition) is 2. The lowest BCUT2D eigenvalue weighted by Crippen LogP contribution is -2.48. The summed E-state index contributed by atoms with van der Waals surface area (Å²) in [6, 6.07) is 4.59. The number of rotatable bonds is 7. The van der Waals surface area contributed by atoms with Crippen LogP contribution in [0.25, 0.3) is 5.82 Å². The summed E-state index contributed by atoms with van der Waals surface area (Å²) >= 11 is 0. The van der Waals surface area contributed by atoms with Crippen LogP contribution in [0.5, 0.6) is 0 Å². The first-order valence-corrected chi connectivity index (χ1v) is 10.4. The molecule has 0 spiro atoms. The molecule has 1 saturated heterocycles. The van der Waals surface area contributed by atoms with Crippen LogP contribution in [0, 0.1) is 6.92 Å². The first-order chi connectivity index (χ1) is 13.7. The molecule has 0 aliphatic carbocycles. The van der Waals surface area contributed by atoms with Crippen LogP contribution in [0.4, 0.5) is 0 Å². The van der Waals surface area contributed by atoms with Crippen LogP contribution in [-0.2, 0) is 6.54 Å². The van der Waals surface area contributed by atoms with Gasteiger partial charge >= 0.3 is 0 Å². The van der Waals surface area contributed by atoms with E-state index in [1.54, 1.807) is 6.20 Å². The van der Waals surface area contributed by atoms with Crippen molar-refractivity contribution < 1.29 is 0 Å². The number of guanidine groups is 1. The van der Waals surface area contributed by atoms with Gasteiger partial charge in [0.25, 0.3) is 0 Å². The zero-order valence-corrected chi connectivity index (χ0v) is 17.4. The lowest BCUT2D eigenvalue weighted by atomic mass is 10.1. The van der Waals surface area contributed by atoms with Crippen LogP contribution in [0.3, 0.4) is 0 Å². The first-order valence-electron chi connectivity index (χ1n) is 10.4. The van der Waals surface area contributed by atoms with Crippen molar-refractivity contribution >= 4 is 5.96 Å². The van der Waals surface area contributed by atoms with E-state index in [0.29, 0.717) is 12.6 Å². The molecule has 0 saturated carbocycles. The second-order valence-electron chi connectivity index (χ2n) is 7.32. The standard InChI is InChI=1S/C21H33N7/c1-4-11-27-12-8-19(9-13-27)26-21(22-5-2)25-16-18-6-7-20(24-15-18)28-14-10-23-17(28)3/h6-7,10,14-15,19H,4-5,8-9,11-13,16H2,1-3H3,(H2,22,25,26). The number of aromatic nitrogens is 3. The highest BCUT2D eigenvalue weighted by Gasteiger charge is 2.19. The van der Waals surface area contributed by atoms with Gasteiger partial charge in [-0.05, 0) is 51.3 Å². The average molecular weight is 384 g/mol. The SMILES string of the molecule is CCCN1CCC(NC(=NCc2ccc(-n3ccnc3C)nc2)NCC)CC1. The van der Waals surface area contributed by atoms with E-state index in [0.717, 1.165) is 29.7 Å². The molecule has 2 aromatic heterocycles. The number of imidazole rings is 1. The van der Waals surface area contributed by atoms with Crippen LogP contribution >= 0.6 is 0 Å². The Balaban J connectivity index is 1.56. The molecule has 0 bridgehead atoms. The van der Waals surface area contributed by atoms with Gasteiger partial charge in [0, 0.05) is 44.3 Å². The molecule has 7 nitrogen and oxygen atoms in total. The van der Waals surface area contributed by atoms with E-state index in [2.05, 4.69) is 45.4 Å². The molecule has 7 heteroatoms. The summed E-state index contributed by atoms with van der Waals surface area (Å²) in [5.74, 6) is 2.71. The molecule has 28 heavy (non-hydrogen) atoms. The van der Waals surface area contributed by atoms with Crippen LogP contribution in [-0.4, -0.2) is 57.6 Å². The summed E-state index contributed by atoms with van der Waals surface area (Å²) in [4.78, 5) is 16.1. The van der Waals surface area contributed by atoms with Crippen molar-refractivity contribution in [3.63, 3.8) is 0 Å². The molecule has 0 aromatic carbocycles. The van der Waals surface area contributed by atoms with Crippen molar-refractivity contribution in [2.45, 2.75) is 52.6 Å². The largest absolute Gasteiger partial charge is 0.357 e. The zero-order valence-electron chi connectivity index (χ0n) is 17.4. The number of aryl methyl sites for hydroxylation is 1. The van der Waals surface area contributed by atoms with Gasteiger partial charge < -0.3 is 15.5 Å². The molecule has 2 N–H and O–H groups in total. The summed E-state index contributed by atoms with van der Waals surface area (Å²) in [7, 11) is 0. The fourth-order valence-electron chi connectivity index (χ4n) is 3.57. The van der Waals surface area contributed by atoms with Gasteiger partial charge in [-0.2, -0.15) is 0 Å². The third-order valence-electron chi connectivity index (χ3n) is 5.11. The second kappa shape index (κ2) is 10.2. The molecule has 0 atom stereocenters. The molecule has 2 aromatic rings. The normalized spacial score (nSPS) is 16.3. The van der Waals surface area contributed by atoms with E-state index in [1.165, 1.54) is 38.9 Å². The van der Waals surface area contributed by atoms with Gasteiger partial charge in [-0.25, -0.2) is 15.0 Å². The van der Waals surface area contributed by atoms with E-state index in [4.69, 9.17) is 4.99 Å². The van der Waals surface area contributed by atoms with E-state index < -0.39 is 0 Å². The summed E-state index contributed by atoms with van der Waals surface area (Å²) in [6.07, 6.45) is 9.18. The lowest BCUT2D eigenvalue weighted by Gasteiger charge is -2.32. The number of piperidine rings is 1. The van der Waals surface area contributed by atoms with Crippen molar-refractivity contribution in [2.75, 3.05) is 26.2 Å². The number of nitrogens with one attached hydrogen (secondary N) is 2. The minimum Gasteiger partial charge on any atom is -0.357 e. The van der Waals surface area contributed by atoms with Crippen molar-refractivity contribution in [1.29, 1.82) is 0 Å². The highest BCUT2D eigenvalue weighted by atomic mass is 15.2. The number of nitrogens with zero attached hydrogens (tertiary/aromatic N) is 5. The summed E-state index contributed by atoms with van der Waals surface area (Å²) in [5.41, 5.74) is 1.09. The minimum atomic E-state index is 0.496. The Morgan fingerprint density at radius 1 is 1.21 bits per heavy atom. The maximum atomic E-state index is 4.76. The maximum Gasteiger partial charge on any atom is 0.191 e. The average Bonchev–Trinajstić information content (AvgIpc) is 3.14. The van der Waals surface area contributed by atoms with Gasteiger partial charge in [-0.15, -0.1) is 0 Å². The summed E-state index contributed by atoms with van der Waals surface area (Å²) in [6.45, 7) is 11.3. The number of hydrogen-bond acceptors (Lipinski definition) is 4. The van der Waals surface area contributed by atoms with Crippen LogP contribution in [0.15, 0.2) is 35.7 Å². The topological polar surface area (TPSA) is 70.4 Å². The Bertz CT molecular complexity index is 742. The molecular weight excluding hydrogens is 350 g/mol. The lowest BCUT2D eigenvalue weighted by molar-refractivity contribution is 0.206. The number of likely N-dealkylation sites (tertiary alicyclic amines) is 1. The van der Waals surface area contributed by atoms with Crippen molar-refractivity contribution in [1.82, 2.24) is 30.1 Å². The molecule has 1 fully saturated rings. The fourth-order valence-corrected chi connectivity index (χ4v) is 3.57. The zero-order chi connectivity index (χ0) is 19.8. The van der Waals surface area contributed by atoms with Crippen LogP contribution in [0.2, 0.25) is 0 Å². The Morgan fingerprint density at radius 2 is 2.04 bits per heavy atom. The van der Waals surface area contributed by atoms with Gasteiger partial charge in [0.1, 0.15) is 11.6 Å². The first kappa shape index (κ1) is 20.3. The van der Waals surface area contributed by atoms with E-state index in [9.17, 15) is 0 Å². The van der Waals surface area contributed by atoms with Gasteiger partial charge in [-0.1, -0.05) is 13.0 Å². The van der Waals surface area contributed by atoms with E-state index >= 15 is 0 Å². The number of aliphatic imine (C=N–C) groups is 1. The molecule has 0 amide bonds. The maximum absolute atomic E-state index is 4.76. The molecule has 1 aliphatic rings. The van der Waals surface area contributed by atoms with Gasteiger partial charge in [0.2, 0.25) is 0 Å². The molecule has 0 radical (unpaired) electrons. The Morgan fingerprint density at radius 3 is 2.64 bits per heavy atom. The van der Waals surface area contributed by atoms with E-state index in [-0.39, 0.29) is 0 Å². The number of pyridine rings is 1. The molecule has 152 valence electrons. The second-order valence-corrected chi connectivity index (χ2v) is 7.32. The van der Waals surface area contributed by atoms with Gasteiger partial charge in [0.05, 0.1) is 6.54 Å². The third-order valence-corrected chi connectivity index (χ3v) is 5.11. The van der Waals surface area contributed by atoms with Crippen LogP contribution in [0.1, 0.15) is 44.5 Å². The van der Waals surface area contributed by atoms with Crippen molar-refractivity contribution in [2.24, 2.45) is 4.99 Å². The third kappa shape index (κ3) is 5.55.